The van der Waals surface area contributed by atoms with Gasteiger partial charge in [0.15, 0.2) is 0 Å². The van der Waals surface area contributed by atoms with E-state index >= 15 is 0 Å². The van der Waals surface area contributed by atoms with Gasteiger partial charge >= 0.3 is 0 Å². The van der Waals surface area contributed by atoms with Gasteiger partial charge in [-0.3, -0.25) is 4.79 Å². The largest absolute Gasteiger partial charge is 0.389 e. The Hall–Kier alpha value is -0.770. The standard InChI is InChI=1S/C52H107N3O5/c1-8-10-12-14-16-18-20-22-24-26-28-30-32-34-36-38-40-49(53(4)5)51(57)46-59-44-42-55(48(3)56)43-45-60-47-52(58)50(54(6)7)41-39-37-35-33-31-29-27-25-23-21-19-17-15-13-11-9-2/h49-52,57-58H,8-47H2,1-7H3. The van der Waals surface area contributed by atoms with E-state index in [2.05, 4.69) is 23.6 Å². The maximum Gasteiger partial charge on any atom is 0.219 e. The SMILES string of the molecule is CCCCCCCCCCCCCCCCCCC(C(O)COCCN(CCOCC(O)C(CCCCCCCCCCCCCCCCCC)N(C)C)C(C)=O)N(C)C. The molecule has 2 N–H and O–H groups in total. The van der Waals surface area contributed by atoms with Crippen LogP contribution in [0.25, 0.3) is 0 Å². The molecule has 0 aliphatic carbocycles. The van der Waals surface area contributed by atoms with Gasteiger partial charge in [0.1, 0.15) is 0 Å². The van der Waals surface area contributed by atoms with E-state index in [0.29, 0.717) is 26.3 Å². The van der Waals surface area contributed by atoms with Crippen molar-refractivity contribution in [2.24, 2.45) is 0 Å². The minimum Gasteiger partial charge on any atom is -0.389 e. The first-order valence-corrected chi connectivity index (χ1v) is 26.3. The zero-order valence-corrected chi connectivity index (χ0v) is 41.6. The second kappa shape index (κ2) is 44.8. The third-order valence-corrected chi connectivity index (χ3v) is 13.0. The Bertz CT molecular complexity index is 815. The van der Waals surface area contributed by atoms with Crippen molar-refractivity contribution in [3.63, 3.8) is 0 Å². The van der Waals surface area contributed by atoms with Gasteiger partial charge in [-0.1, -0.05) is 219 Å². The first-order valence-electron chi connectivity index (χ1n) is 26.3. The van der Waals surface area contributed by atoms with Crippen molar-refractivity contribution in [1.29, 1.82) is 0 Å². The molecule has 0 heterocycles. The Morgan fingerprint density at radius 3 is 0.867 bits per heavy atom. The number of hydrogen-bond acceptors (Lipinski definition) is 7. The zero-order chi connectivity index (χ0) is 44.3. The molecule has 0 fully saturated rings. The lowest BCUT2D eigenvalue weighted by Gasteiger charge is -2.30. The minimum absolute atomic E-state index is 0.0207. The predicted octanol–water partition coefficient (Wildman–Crippen LogP) is 12.8. The molecular formula is C52H107N3O5. The molecule has 0 aromatic heterocycles. The summed E-state index contributed by atoms with van der Waals surface area (Å²) in [5, 5.41) is 21.9. The summed E-state index contributed by atoms with van der Waals surface area (Å²) in [5.41, 5.74) is 0. The molecular weight excluding hydrogens is 747 g/mol. The van der Waals surface area contributed by atoms with Gasteiger partial charge in [0.05, 0.1) is 38.6 Å². The highest BCUT2D eigenvalue weighted by Gasteiger charge is 2.23. The maximum absolute atomic E-state index is 12.4. The van der Waals surface area contributed by atoms with Crippen LogP contribution in [0.1, 0.15) is 239 Å². The van der Waals surface area contributed by atoms with Gasteiger partial charge in [-0.2, -0.15) is 0 Å². The van der Waals surface area contributed by atoms with Crippen LogP contribution in [0, 0.1) is 0 Å². The molecule has 0 aliphatic rings. The third kappa shape index (κ3) is 37.8. The number of hydrogen-bond donors (Lipinski definition) is 2. The highest BCUT2D eigenvalue weighted by Crippen LogP contribution is 2.18. The average Bonchev–Trinajstić information content (AvgIpc) is 3.21. The van der Waals surface area contributed by atoms with Gasteiger partial charge in [0.2, 0.25) is 5.91 Å². The monoisotopic (exact) mass is 854 g/mol. The van der Waals surface area contributed by atoms with Crippen molar-refractivity contribution in [2.45, 2.75) is 263 Å². The van der Waals surface area contributed by atoms with Gasteiger partial charge < -0.3 is 34.4 Å². The normalized spacial score (nSPS) is 14.0. The van der Waals surface area contributed by atoms with E-state index in [1.807, 2.05) is 28.2 Å². The summed E-state index contributed by atoms with van der Waals surface area (Å²) in [6.45, 7) is 8.34. The van der Waals surface area contributed by atoms with E-state index in [1.54, 1.807) is 11.8 Å². The van der Waals surface area contributed by atoms with E-state index in [4.69, 9.17) is 9.47 Å². The first kappa shape index (κ1) is 59.2. The second-order valence-electron chi connectivity index (χ2n) is 19.0. The van der Waals surface area contributed by atoms with Gasteiger partial charge in [0.25, 0.3) is 0 Å². The average molecular weight is 854 g/mol. The van der Waals surface area contributed by atoms with E-state index in [1.165, 1.54) is 193 Å². The second-order valence-corrected chi connectivity index (χ2v) is 19.0. The summed E-state index contributed by atoms with van der Waals surface area (Å²) in [6, 6.07) is 0.130. The quantitative estimate of drug-likeness (QED) is 0.0590. The summed E-state index contributed by atoms with van der Waals surface area (Å²) in [5.74, 6) is -0.0207. The molecule has 4 atom stereocenters. The Kier molecular flexibility index (Phi) is 44.2. The van der Waals surface area contributed by atoms with E-state index in [-0.39, 0.29) is 31.2 Å². The first-order chi connectivity index (χ1) is 29.1. The van der Waals surface area contributed by atoms with Crippen molar-refractivity contribution < 1.29 is 24.5 Å². The molecule has 360 valence electrons. The van der Waals surface area contributed by atoms with Crippen LogP contribution in [0.4, 0.5) is 0 Å². The van der Waals surface area contributed by atoms with Gasteiger partial charge in [-0.05, 0) is 41.0 Å². The van der Waals surface area contributed by atoms with Crippen LogP contribution in [-0.4, -0.2) is 123 Å². The molecule has 0 saturated heterocycles. The van der Waals surface area contributed by atoms with Crippen LogP contribution >= 0.6 is 0 Å². The number of unbranched alkanes of at least 4 members (excludes halogenated alkanes) is 30. The van der Waals surface area contributed by atoms with Gasteiger partial charge in [0, 0.05) is 32.1 Å². The minimum atomic E-state index is -0.559. The van der Waals surface area contributed by atoms with Crippen LogP contribution in [0.3, 0.4) is 0 Å². The lowest BCUT2D eigenvalue weighted by molar-refractivity contribution is -0.130. The maximum atomic E-state index is 12.4. The number of amides is 1. The van der Waals surface area contributed by atoms with Gasteiger partial charge in [-0.15, -0.1) is 0 Å². The number of carbonyl (C=O) groups is 1. The molecule has 0 aliphatic heterocycles. The zero-order valence-electron chi connectivity index (χ0n) is 41.6. The van der Waals surface area contributed by atoms with Crippen LogP contribution in [0.2, 0.25) is 0 Å². The fourth-order valence-corrected chi connectivity index (χ4v) is 8.80. The number of ether oxygens (including phenoxy) is 2. The fourth-order valence-electron chi connectivity index (χ4n) is 8.80. The van der Waals surface area contributed by atoms with Crippen LogP contribution in [-0.2, 0) is 14.3 Å². The molecule has 0 saturated carbocycles. The summed E-state index contributed by atoms with van der Waals surface area (Å²) < 4.78 is 11.8. The number of carbonyl (C=O) groups excluding carboxylic acids is 1. The van der Waals surface area contributed by atoms with Crippen LogP contribution in [0.5, 0.6) is 0 Å². The van der Waals surface area contributed by atoms with Crippen LogP contribution < -0.4 is 0 Å². The van der Waals surface area contributed by atoms with Crippen molar-refractivity contribution >= 4 is 5.91 Å². The van der Waals surface area contributed by atoms with Crippen molar-refractivity contribution in [2.75, 3.05) is 67.7 Å². The predicted molar refractivity (Wildman–Crippen MR) is 259 cm³/mol. The Balaban J connectivity index is 4.04. The molecule has 0 rings (SSSR count). The van der Waals surface area contributed by atoms with E-state index < -0.39 is 12.2 Å². The summed E-state index contributed by atoms with van der Waals surface area (Å²) in [7, 11) is 8.16. The molecule has 0 bridgehead atoms. The summed E-state index contributed by atoms with van der Waals surface area (Å²) in [6.07, 6.45) is 44.4. The number of aliphatic hydroxyl groups is 2. The number of likely N-dealkylation sites (N-methyl/N-ethyl adjacent to an activating group) is 2. The molecule has 0 aromatic carbocycles. The molecule has 8 nitrogen and oxygen atoms in total. The Morgan fingerprint density at radius 1 is 0.417 bits per heavy atom. The van der Waals surface area contributed by atoms with E-state index in [0.717, 1.165) is 25.7 Å². The topological polar surface area (TPSA) is 85.7 Å². The fraction of sp³-hybridized carbons (Fsp3) is 0.981. The molecule has 1 amide bonds. The lowest BCUT2D eigenvalue weighted by atomic mass is 10.0. The molecule has 0 aromatic rings. The summed E-state index contributed by atoms with van der Waals surface area (Å²) >= 11 is 0. The number of nitrogens with zero attached hydrogens (tertiary/aromatic N) is 3. The Morgan fingerprint density at radius 2 is 0.650 bits per heavy atom. The number of aliphatic hydroxyl groups excluding tert-OH is 2. The molecule has 0 radical (unpaired) electrons. The van der Waals surface area contributed by atoms with Crippen LogP contribution in [0.15, 0.2) is 0 Å². The highest BCUT2D eigenvalue weighted by atomic mass is 16.5. The lowest BCUT2D eigenvalue weighted by Crippen LogP contribution is -2.43. The summed E-state index contributed by atoms with van der Waals surface area (Å²) in [4.78, 5) is 18.3. The van der Waals surface area contributed by atoms with Crippen molar-refractivity contribution in [1.82, 2.24) is 14.7 Å². The Labute approximate surface area is 375 Å². The van der Waals surface area contributed by atoms with Crippen molar-refractivity contribution in [3.05, 3.63) is 0 Å². The van der Waals surface area contributed by atoms with Gasteiger partial charge in [-0.25, -0.2) is 0 Å². The molecule has 8 heteroatoms. The highest BCUT2D eigenvalue weighted by molar-refractivity contribution is 5.73. The third-order valence-electron chi connectivity index (χ3n) is 13.0. The molecule has 4 unspecified atom stereocenters. The van der Waals surface area contributed by atoms with E-state index in [9.17, 15) is 15.0 Å². The smallest absolute Gasteiger partial charge is 0.219 e. The number of rotatable bonds is 48. The molecule has 60 heavy (non-hydrogen) atoms. The van der Waals surface area contributed by atoms with Crippen molar-refractivity contribution in [3.8, 4) is 0 Å². The molecule has 0 spiro atoms.